The molecule has 0 aliphatic carbocycles. The number of methoxy groups -OCH3 is 1. The van der Waals surface area contributed by atoms with Crippen LogP contribution in [-0.4, -0.2) is 29.3 Å². The van der Waals surface area contributed by atoms with Crippen LogP contribution >= 0.6 is 0 Å². The van der Waals surface area contributed by atoms with Crippen LogP contribution < -0.4 is 0 Å². The molecule has 0 saturated heterocycles. The fourth-order valence-electron chi connectivity index (χ4n) is 1.63. The van der Waals surface area contributed by atoms with Gasteiger partial charge in [0.05, 0.1) is 18.7 Å². The molecule has 1 aromatic carbocycles. The van der Waals surface area contributed by atoms with Crippen molar-refractivity contribution in [2.45, 2.75) is 18.9 Å². The molecule has 0 fully saturated rings. The first-order valence-electron chi connectivity index (χ1n) is 5.50. The standard InChI is InChI=1S/C13H13NO5/c1-19-11(15)5-3-9-6-8(7-14)2-4-10(9)12(16)13(17)18/h2,4,6,12,16H,3,5H2,1H3,(H,17,18). The number of carboxylic acid groups (broad SMARTS) is 1. The largest absolute Gasteiger partial charge is 0.479 e. The van der Waals surface area contributed by atoms with Gasteiger partial charge in [-0.3, -0.25) is 4.79 Å². The molecule has 2 N–H and O–H groups in total. The van der Waals surface area contributed by atoms with Gasteiger partial charge in [-0.05, 0) is 29.7 Å². The Morgan fingerprint density at radius 3 is 2.68 bits per heavy atom. The Labute approximate surface area is 109 Å². The number of nitrogens with zero attached hydrogens (tertiary/aromatic N) is 1. The molecular formula is C13H13NO5. The van der Waals surface area contributed by atoms with Gasteiger partial charge < -0.3 is 14.9 Å². The molecule has 6 nitrogen and oxygen atoms in total. The number of ether oxygens (including phenoxy) is 1. The molecule has 0 aromatic heterocycles. The van der Waals surface area contributed by atoms with Gasteiger partial charge in [0.25, 0.3) is 0 Å². The molecule has 1 aromatic rings. The highest BCUT2D eigenvalue weighted by Crippen LogP contribution is 2.21. The van der Waals surface area contributed by atoms with Crippen LogP contribution in [0.4, 0.5) is 0 Å². The maximum atomic E-state index is 11.1. The molecule has 0 saturated carbocycles. The number of carbonyl (C=O) groups excluding carboxylic acids is 1. The van der Waals surface area contributed by atoms with Gasteiger partial charge in [0.2, 0.25) is 0 Å². The third kappa shape index (κ3) is 3.79. The summed E-state index contributed by atoms with van der Waals surface area (Å²) in [5.41, 5.74) is 0.955. The van der Waals surface area contributed by atoms with E-state index in [1.807, 2.05) is 6.07 Å². The van der Waals surface area contributed by atoms with E-state index in [-0.39, 0.29) is 18.4 Å². The van der Waals surface area contributed by atoms with E-state index in [0.29, 0.717) is 11.1 Å². The van der Waals surface area contributed by atoms with Crippen LogP contribution in [0, 0.1) is 11.3 Å². The average Bonchev–Trinajstić information content (AvgIpc) is 2.43. The molecule has 0 aliphatic rings. The second kappa shape index (κ2) is 6.52. The highest BCUT2D eigenvalue weighted by molar-refractivity contribution is 5.75. The fraction of sp³-hybridized carbons (Fsp3) is 0.308. The van der Waals surface area contributed by atoms with Gasteiger partial charge in [0.15, 0.2) is 6.10 Å². The minimum absolute atomic E-state index is 0.0464. The van der Waals surface area contributed by atoms with Crippen molar-refractivity contribution < 1.29 is 24.5 Å². The Bertz CT molecular complexity index is 532. The summed E-state index contributed by atoms with van der Waals surface area (Å²) in [7, 11) is 1.25. The number of aliphatic hydroxyl groups excluding tert-OH is 1. The molecule has 6 heteroatoms. The summed E-state index contributed by atoms with van der Waals surface area (Å²) in [4.78, 5) is 21.9. The van der Waals surface area contributed by atoms with Crippen LogP contribution in [0.15, 0.2) is 18.2 Å². The Morgan fingerprint density at radius 2 is 2.16 bits per heavy atom. The molecule has 0 radical (unpaired) electrons. The average molecular weight is 263 g/mol. The van der Waals surface area contributed by atoms with E-state index < -0.39 is 18.0 Å². The topological polar surface area (TPSA) is 108 Å². The summed E-state index contributed by atoms with van der Waals surface area (Å²) in [6, 6.07) is 6.18. The number of aliphatic carboxylic acids is 1. The lowest BCUT2D eigenvalue weighted by Gasteiger charge is -2.12. The van der Waals surface area contributed by atoms with Gasteiger partial charge in [-0.15, -0.1) is 0 Å². The van der Waals surface area contributed by atoms with Crippen molar-refractivity contribution in [1.29, 1.82) is 5.26 Å². The zero-order chi connectivity index (χ0) is 14.4. The second-order valence-corrected chi connectivity index (χ2v) is 3.84. The minimum atomic E-state index is -1.68. The first-order valence-corrected chi connectivity index (χ1v) is 5.50. The third-order valence-electron chi connectivity index (χ3n) is 2.63. The summed E-state index contributed by atoms with van der Waals surface area (Å²) in [5, 5.41) is 27.2. The number of aryl methyl sites for hydroxylation is 1. The van der Waals surface area contributed by atoms with Gasteiger partial charge in [-0.25, -0.2) is 4.79 Å². The second-order valence-electron chi connectivity index (χ2n) is 3.84. The van der Waals surface area contributed by atoms with Crippen LogP contribution in [0.3, 0.4) is 0 Å². The zero-order valence-electron chi connectivity index (χ0n) is 10.3. The lowest BCUT2D eigenvalue weighted by Crippen LogP contribution is -2.14. The van der Waals surface area contributed by atoms with Gasteiger partial charge in [0.1, 0.15) is 0 Å². The molecule has 0 amide bonds. The first kappa shape index (κ1) is 14.7. The van der Waals surface area contributed by atoms with Crippen molar-refractivity contribution >= 4 is 11.9 Å². The number of rotatable bonds is 5. The van der Waals surface area contributed by atoms with E-state index in [9.17, 15) is 14.7 Å². The van der Waals surface area contributed by atoms with Crippen molar-refractivity contribution in [2.24, 2.45) is 0 Å². The number of nitriles is 1. The lowest BCUT2D eigenvalue weighted by atomic mass is 9.96. The first-order chi connectivity index (χ1) is 8.99. The van der Waals surface area contributed by atoms with Crippen molar-refractivity contribution in [3.05, 3.63) is 34.9 Å². The number of hydrogen-bond acceptors (Lipinski definition) is 5. The maximum absolute atomic E-state index is 11.1. The van der Waals surface area contributed by atoms with E-state index in [2.05, 4.69) is 4.74 Å². The summed E-state index contributed by atoms with van der Waals surface area (Å²) >= 11 is 0. The Balaban J connectivity index is 3.06. The predicted octanol–water partition coefficient (Wildman–Crippen LogP) is 0.782. The van der Waals surface area contributed by atoms with E-state index in [0.717, 1.165) is 0 Å². The van der Waals surface area contributed by atoms with Crippen LogP contribution in [0.25, 0.3) is 0 Å². The van der Waals surface area contributed by atoms with Crippen molar-refractivity contribution in [1.82, 2.24) is 0 Å². The molecule has 19 heavy (non-hydrogen) atoms. The van der Waals surface area contributed by atoms with E-state index in [1.54, 1.807) is 0 Å². The normalized spacial score (nSPS) is 11.4. The van der Waals surface area contributed by atoms with Gasteiger partial charge in [0, 0.05) is 6.42 Å². The number of carbonyl (C=O) groups is 2. The Hall–Kier alpha value is -2.39. The molecule has 1 unspecified atom stereocenters. The van der Waals surface area contributed by atoms with Crippen molar-refractivity contribution in [3.63, 3.8) is 0 Å². The summed E-state index contributed by atoms with van der Waals surface area (Å²) in [5.74, 6) is -1.83. The van der Waals surface area contributed by atoms with Crippen LogP contribution in [0.1, 0.15) is 29.2 Å². The predicted molar refractivity (Wildman–Crippen MR) is 64.1 cm³/mol. The SMILES string of the molecule is COC(=O)CCc1cc(C#N)ccc1C(O)C(=O)O. The molecule has 0 aliphatic heterocycles. The monoisotopic (exact) mass is 263 g/mol. The number of hydrogen-bond donors (Lipinski definition) is 2. The lowest BCUT2D eigenvalue weighted by molar-refractivity contribution is -0.147. The highest BCUT2D eigenvalue weighted by Gasteiger charge is 2.20. The number of carboxylic acids is 1. The van der Waals surface area contributed by atoms with Crippen LogP contribution in [0.5, 0.6) is 0 Å². The zero-order valence-corrected chi connectivity index (χ0v) is 10.3. The maximum Gasteiger partial charge on any atom is 0.337 e. The summed E-state index contributed by atoms with van der Waals surface area (Å²) in [6.45, 7) is 0. The van der Waals surface area contributed by atoms with Gasteiger partial charge >= 0.3 is 11.9 Å². The highest BCUT2D eigenvalue weighted by atomic mass is 16.5. The van der Waals surface area contributed by atoms with Gasteiger partial charge in [-0.2, -0.15) is 5.26 Å². The third-order valence-corrected chi connectivity index (χ3v) is 2.63. The summed E-state index contributed by atoms with van der Waals surface area (Å²) in [6.07, 6.45) is -1.44. The minimum Gasteiger partial charge on any atom is -0.479 e. The Morgan fingerprint density at radius 1 is 1.47 bits per heavy atom. The van der Waals surface area contributed by atoms with E-state index >= 15 is 0 Å². The number of benzene rings is 1. The fourth-order valence-corrected chi connectivity index (χ4v) is 1.63. The van der Waals surface area contributed by atoms with Crippen LogP contribution in [0.2, 0.25) is 0 Å². The molecule has 0 spiro atoms. The van der Waals surface area contributed by atoms with Gasteiger partial charge in [-0.1, -0.05) is 6.07 Å². The Kier molecular flexibility index (Phi) is 5.03. The van der Waals surface area contributed by atoms with E-state index in [4.69, 9.17) is 10.4 Å². The van der Waals surface area contributed by atoms with Crippen molar-refractivity contribution in [2.75, 3.05) is 7.11 Å². The van der Waals surface area contributed by atoms with E-state index in [1.165, 1.54) is 25.3 Å². The summed E-state index contributed by atoms with van der Waals surface area (Å²) < 4.78 is 4.49. The smallest absolute Gasteiger partial charge is 0.337 e. The number of esters is 1. The number of aliphatic hydroxyl groups is 1. The molecule has 1 atom stereocenters. The molecule has 1 rings (SSSR count). The molecule has 0 bridgehead atoms. The molecular weight excluding hydrogens is 250 g/mol. The van der Waals surface area contributed by atoms with Crippen molar-refractivity contribution in [3.8, 4) is 6.07 Å². The van der Waals surface area contributed by atoms with Crippen LogP contribution in [-0.2, 0) is 20.7 Å². The molecule has 0 heterocycles. The molecule has 100 valence electrons. The quantitative estimate of drug-likeness (QED) is 0.760.